The number of carbonyl (C=O) groups excluding carboxylic acids is 2. The molecule has 4 N–H and O–H groups in total. The zero-order chi connectivity index (χ0) is 18.7. The van der Waals surface area contributed by atoms with Gasteiger partial charge in [0, 0.05) is 31.7 Å². The zero-order valence-corrected chi connectivity index (χ0v) is 16.4. The number of hydrogen-bond acceptors (Lipinski definition) is 3. The van der Waals surface area contributed by atoms with Crippen LogP contribution >= 0.6 is 0 Å². The highest BCUT2D eigenvalue weighted by molar-refractivity contribution is 5.81. The largest absolute Gasteiger partial charge is 0.353 e. The Morgan fingerprint density at radius 1 is 1.12 bits per heavy atom. The number of piperidine rings is 1. The molecule has 6 nitrogen and oxygen atoms in total. The fourth-order valence-corrected chi connectivity index (χ4v) is 5.09. The Kier molecular flexibility index (Phi) is 6.43. The Morgan fingerprint density at radius 3 is 2.46 bits per heavy atom. The molecule has 0 spiro atoms. The van der Waals surface area contributed by atoms with Crippen LogP contribution in [0.25, 0.3) is 0 Å². The molecule has 26 heavy (non-hydrogen) atoms. The summed E-state index contributed by atoms with van der Waals surface area (Å²) in [5, 5.41) is 6.34. The Morgan fingerprint density at radius 2 is 1.81 bits per heavy atom. The van der Waals surface area contributed by atoms with Crippen LogP contribution in [0.1, 0.15) is 58.8 Å². The lowest BCUT2D eigenvalue weighted by Crippen LogP contribution is -2.56. The van der Waals surface area contributed by atoms with Crippen molar-refractivity contribution in [2.75, 3.05) is 19.6 Å². The normalized spacial score (nSPS) is 34.5. The van der Waals surface area contributed by atoms with Crippen LogP contribution < -0.4 is 16.4 Å². The van der Waals surface area contributed by atoms with Crippen molar-refractivity contribution >= 4 is 11.9 Å². The molecule has 1 heterocycles. The highest BCUT2D eigenvalue weighted by Gasteiger charge is 2.41. The van der Waals surface area contributed by atoms with Gasteiger partial charge < -0.3 is 21.3 Å². The highest BCUT2D eigenvalue weighted by Crippen LogP contribution is 2.39. The van der Waals surface area contributed by atoms with Gasteiger partial charge in [-0.2, -0.15) is 0 Å². The standard InChI is InChI=1S/C20H36N4O2/c1-13(2)11-22-20(26)24-8-4-7-16(12-24)19(25)23-18-14-5-3-6-15(18)10-17(21)9-14/h13-18H,3-12,21H2,1-2H3,(H,22,26)(H,23,25). The van der Waals surface area contributed by atoms with Crippen molar-refractivity contribution in [1.82, 2.24) is 15.5 Å². The minimum absolute atomic E-state index is 0.0308. The average molecular weight is 365 g/mol. The smallest absolute Gasteiger partial charge is 0.317 e. The Labute approximate surface area is 157 Å². The van der Waals surface area contributed by atoms with Crippen molar-refractivity contribution in [3.8, 4) is 0 Å². The number of nitrogens with one attached hydrogen (secondary N) is 2. The number of hydrogen-bond donors (Lipinski definition) is 3. The number of nitrogens with zero attached hydrogens (tertiary/aromatic N) is 1. The number of nitrogens with two attached hydrogens (primary N) is 1. The van der Waals surface area contributed by atoms with E-state index in [9.17, 15) is 9.59 Å². The van der Waals surface area contributed by atoms with Crippen molar-refractivity contribution in [2.45, 2.75) is 70.9 Å². The summed E-state index contributed by atoms with van der Waals surface area (Å²) in [7, 11) is 0. The number of likely N-dealkylation sites (tertiary alicyclic amines) is 1. The van der Waals surface area contributed by atoms with E-state index >= 15 is 0 Å². The van der Waals surface area contributed by atoms with Gasteiger partial charge in [0.2, 0.25) is 5.91 Å². The van der Waals surface area contributed by atoms with Crippen LogP contribution in [0.2, 0.25) is 0 Å². The van der Waals surface area contributed by atoms with Crippen LogP contribution in [0.5, 0.6) is 0 Å². The third-order valence-electron chi connectivity index (χ3n) is 6.43. The molecule has 2 bridgehead atoms. The van der Waals surface area contributed by atoms with Gasteiger partial charge in [-0.25, -0.2) is 4.79 Å². The summed E-state index contributed by atoms with van der Waals surface area (Å²) >= 11 is 0. The lowest BCUT2D eigenvalue weighted by molar-refractivity contribution is -0.128. The van der Waals surface area contributed by atoms with Crippen molar-refractivity contribution in [1.29, 1.82) is 0 Å². The summed E-state index contributed by atoms with van der Waals surface area (Å²) in [6.45, 7) is 6.13. The molecule has 2 saturated carbocycles. The van der Waals surface area contributed by atoms with Gasteiger partial charge >= 0.3 is 6.03 Å². The van der Waals surface area contributed by atoms with Crippen LogP contribution in [0, 0.1) is 23.7 Å². The van der Waals surface area contributed by atoms with E-state index in [0.29, 0.717) is 42.9 Å². The van der Waals surface area contributed by atoms with Crippen molar-refractivity contribution < 1.29 is 9.59 Å². The monoisotopic (exact) mass is 364 g/mol. The Bertz CT molecular complexity index is 496. The number of amides is 3. The van der Waals surface area contributed by atoms with Crippen LogP contribution in [0.4, 0.5) is 4.79 Å². The number of urea groups is 1. The number of carbonyl (C=O) groups is 2. The second kappa shape index (κ2) is 8.59. The quantitative estimate of drug-likeness (QED) is 0.714. The first-order valence-corrected chi connectivity index (χ1v) is 10.5. The van der Waals surface area contributed by atoms with Gasteiger partial charge in [-0.3, -0.25) is 4.79 Å². The molecular formula is C20H36N4O2. The molecule has 1 aliphatic heterocycles. The Hall–Kier alpha value is -1.30. The van der Waals surface area contributed by atoms with Crippen LogP contribution in [-0.2, 0) is 4.79 Å². The van der Waals surface area contributed by atoms with E-state index in [1.165, 1.54) is 19.3 Å². The maximum absolute atomic E-state index is 12.9. The second-order valence-electron chi connectivity index (χ2n) is 9.08. The predicted molar refractivity (Wildman–Crippen MR) is 103 cm³/mol. The topological polar surface area (TPSA) is 87.5 Å². The van der Waals surface area contributed by atoms with Crippen molar-refractivity contribution in [2.24, 2.45) is 29.4 Å². The van der Waals surface area contributed by atoms with Gasteiger partial charge in [-0.15, -0.1) is 0 Å². The Balaban J connectivity index is 1.53. The highest BCUT2D eigenvalue weighted by atomic mass is 16.2. The summed E-state index contributed by atoms with van der Waals surface area (Å²) in [6.07, 6.45) is 7.48. The zero-order valence-electron chi connectivity index (χ0n) is 16.4. The van der Waals surface area contributed by atoms with E-state index in [2.05, 4.69) is 24.5 Å². The van der Waals surface area contributed by atoms with Crippen LogP contribution in [-0.4, -0.2) is 48.6 Å². The second-order valence-corrected chi connectivity index (χ2v) is 9.08. The molecule has 3 atom stereocenters. The first kappa shape index (κ1) is 19.5. The van der Waals surface area contributed by atoms with Crippen LogP contribution in [0.15, 0.2) is 0 Å². The van der Waals surface area contributed by atoms with Gasteiger partial charge in [-0.05, 0) is 56.3 Å². The molecule has 0 aromatic heterocycles. The number of fused-ring (bicyclic) bond motifs is 2. The first-order valence-electron chi connectivity index (χ1n) is 10.5. The minimum Gasteiger partial charge on any atom is -0.353 e. The van der Waals surface area contributed by atoms with Gasteiger partial charge in [0.05, 0.1) is 5.92 Å². The molecule has 148 valence electrons. The summed E-state index contributed by atoms with van der Waals surface area (Å²) in [4.78, 5) is 27.1. The maximum Gasteiger partial charge on any atom is 0.317 e. The van der Waals surface area contributed by atoms with Gasteiger partial charge in [0.15, 0.2) is 0 Å². The molecule has 1 saturated heterocycles. The molecule has 0 radical (unpaired) electrons. The summed E-state index contributed by atoms with van der Waals surface area (Å²) in [6, 6.07) is 0.561. The van der Waals surface area contributed by atoms with Crippen molar-refractivity contribution in [3.63, 3.8) is 0 Å². The summed E-state index contributed by atoms with van der Waals surface area (Å²) in [5.74, 6) is 1.57. The molecule has 3 amide bonds. The summed E-state index contributed by atoms with van der Waals surface area (Å²) < 4.78 is 0. The SMILES string of the molecule is CC(C)CNC(=O)N1CCCC(C(=O)NC2C3CCCC2CC(N)C3)C1. The van der Waals surface area contributed by atoms with Crippen molar-refractivity contribution in [3.05, 3.63) is 0 Å². The fraction of sp³-hybridized carbons (Fsp3) is 0.900. The maximum atomic E-state index is 12.9. The van der Waals surface area contributed by atoms with E-state index in [1.807, 2.05) is 4.90 Å². The molecule has 0 aromatic rings. The van der Waals surface area contributed by atoms with E-state index < -0.39 is 0 Å². The molecule has 6 heteroatoms. The molecule has 3 unspecified atom stereocenters. The van der Waals surface area contributed by atoms with Crippen LogP contribution in [0.3, 0.4) is 0 Å². The fourth-order valence-electron chi connectivity index (χ4n) is 5.09. The van der Waals surface area contributed by atoms with Gasteiger partial charge in [0.25, 0.3) is 0 Å². The molecule has 3 rings (SSSR count). The van der Waals surface area contributed by atoms with E-state index in [0.717, 1.165) is 32.2 Å². The molecule has 3 aliphatic rings. The minimum atomic E-state index is -0.0788. The predicted octanol–water partition coefficient (Wildman–Crippen LogP) is 2.09. The average Bonchev–Trinajstić information content (AvgIpc) is 2.60. The molecule has 0 aromatic carbocycles. The van der Waals surface area contributed by atoms with Gasteiger partial charge in [0.1, 0.15) is 0 Å². The van der Waals surface area contributed by atoms with Gasteiger partial charge in [-0.1, -0.05) is 20.3 Å². The third-order valence-corrected chi connectivity index (χ3v) is 6.43. The summed E-state index contributed by atoms with van der Waals surface area (Å²) in [5.41, 5.74) is 6.20. The molecular weight excluding hydrogens is 328 g/mol. The lowest BCUT2D eigenvalue weighted by Gasteiger charge is -2.46. The van der Waals surface area contributed by atoms with E-state index in [4.69, 9.17) is 5.73 Å². The van der Waals surface area contributed by atoms with E-state index in [-0.39, 0.29) is 17.9 Å². The van der Waals surface area contributed by atoms with E-state index in [1.54, 1.807) is 0 Å². The molecule has 2 aliphatic carbocycles. The lowest BCUT2D eigenvalue weighted by atomic mass is 9.67. The first-order chi connectivity index (χ1) is 12.4. The third kappa shape index (κ3) is 4.70. The molecule has 3 fully saturated rings. The number of rotatable bonds is 4.